The number of hydrogen-bond donors (Lipinski definition) is 1. The van der Waals surface area contributed by atoms with Gasteiger partial charge in [-0.25, -0.2) is 4.39 Å². The predicted molar refractivity (Wildman–Crippen MR) is 65.5 cm³/mol. The average molecular weight is 306 g/mol. The van der Waals surface area contributed by atoms with E-state index in [1.165, 1.54) is 19.2 Å². The molecule has 7 heteroatoms. The van der Waals surface area contributed by atoms with E-state index in [-0.39, 0.29) is 11.3 Å². The summed E-state index contributed by atoms with van der Waals surface area (Å²) in [5, 5.41) is 9.60. The number of methoxy groups -OCH3 is 1. The first-order chi connectivity index (χ1) is 9.69. The Kier molecular flexibility index (Phi) is 3.73. The van der Waals surface area contributed by atoms with Crippen LogP contribution < -0.4 is 4.74 Å². The second-order valence-electron chi connectivity index (χ2n) is 5.32. The topological polar surface area (TPSA) is 46.5 Å². The smallest absolute Gasteiger partial charge is 0.424 e. The van der Waals surface area contributed by atoms with Crippen LogP contribution in [0.4, 0.5) is 17.6 Å². The summed E-state index contributed by atoms with van der Waals surface area (Å²) in [6.07, 6.45) is -5.78. The van der Waals surface area contributed by atoms with Crippen LogP contribution in [0.3, 0.4) is 0 Å². The summed E-state index contributed by atoms with van der Waals surface area (Å²) in [5.74, 6) is -0.839. The summed E-state index contributed by atoms with van der Waals surface area (Å²) >= 11 is 0. The van der Waals surface area contributed by atoms with Gasteiger partial charge in [-0.3, -0.25) is 4.79 Å². The van der Waals surface area contributed by atoms with E-state index in [9.17, 15) is 27.5 Å². The minimum absolute atomic E-state index is 0.148. The third-order valence-electron chi connectivity index (χ3n) is 3.89. The van der Waals surface area contributed by atoms with Crippen molar-refractivity contribution in [1.82, 2.24) is 0 Å². The van der Waals surface area contributed by atoms with Crippen LogP contribution in [-0.2, 0) is 10.2 Å². The molecule has 0 amide bonds. The zero-order valence-electron chi connectivity index (χ0n) is 11.2. The molecule has 0 aromatic heterocycles. The van der Waals surface area contributed by atoms with Gasteiger partial charge in [-0.2, -0.15) is 13.2 Å². The van der Waals surface area contributed by atoms with Gasteiger partial charge in [0.1, 0.15) is 0 Å². The Hall–Kier alpha value is -1.63. The molecule has 1 aromatic rings. The Bertz CT molecular complexity index is 552. The number of alkyl halides is 3. The molecule has 1 N–H and O–H groups in total. The first-order valence-corrected chi connectivity index (χ1v) is 6.27. The quantitative estimate of drug-likeness (QED) is 0.672. The molecular formula is C14H14F4O3. The third-order valence-corrected chi connectivity index (χ3v) is 3.89. The van der Waals surface area contributed by atoms with Gasteiger partial charge in [0.25, 0.3) is 0 Å². The number of para-hydroxylation sites is 1. The fourth-order valence-electron chi connectivity index (χ4n) is 2.55. The molecular weight excluding hydrogens is 292 g/mol. The highest BCUT2D eigenvalue weighted by Crippen LogP contribution is 2.57. The normalized spacial score (nSPS) is 19.7. The zero-order chi connectivity index (χ0) is 15.9. The highest BCUT2D eigenvalue weighted by atomic mass is 19.4. The molecule has 0 saturated heterocycles. The average Bonchev–Trinajstić information content (AvgIpc) is 3.17. The van der Waals surface area contributed by atoms with Gasteiger partial charge in [-0.15, -0.1) is 0 Å². The van der Waals surface area contributed by atoms with Crippen LogP contribution in [0, 0.1) is 5.82 Å². The Morgan fingerprint density at radius 2 is 2.00 bits per heavy atom. The number of hydrogen-bond acceptors (Lipinski definition) is 3. The van der Waals surface area contributed by atoms with Gasteiger partial charge in [0.05, 0.1) is 7.11 Å². The van der Waals surface area contributed by atoms with Crippen LogP contribution in [0.1, 0.15) is 24.8 Å². The fraction of sp³-hybridized carbons (Fsp3) is 0.500. The second-order valence-corrected chi connectivity index (χ2v) is 5.32. The van der Waals surface area contributed by atoms with E-state index in [2.05, 4.69) is 0 Å². The van der Waals surface area contributed by atoms with E-state index in [1.807, 2.05) is 0 Å². The summed E-state index contributed by atoms with van der Waals surface area (Å²) in [7, 11) is 1.22. The predicted octanol–water partition coefficient (Wildman–Crippen LogP) is 2.75. The van der Waals surface area contributed by atoms with Crippen LogP contribution in [0.15, 0.2) is 18.2 Å². The fourth-order valence-corrected chi connectivity index (χ4v) is 2.55. The van der Waals surface area contributed by atoms with Gasteiger partial charge < -0.3 is 9.84 Å². The number of carbonyl (C=O) groups is 1. The molecule has 3 nitrogen and oxygen atoms in total. The van der Waals surface area contributed by atoms with E-state index in [1.54, 1.807) is 0 Å². The lowest BCUT2D eigenvalue weighted by Crippen LogP contribution is -2.49. The lowest BCUT2D eigenvalue weighted by Gasteiger charge is -2.30. The SMILES string of the molecule is COc1c(F)cccc1C1(CC(O)(C=O)C(F)(F)F)CC1. The molecule has 21 heavy (non-hydrogen) atoms. The van der Waals surface area contributed by atoms with Crippen LogP contribution in [0.25, 0.3) is 0 Å². The number of aldehydes is 1. The van der Waals surface area contributed by atoms with Crippen molar-refractivity contribution in [2.75, 3.05) is 7.11 Å². The van der Waals surface area contributed by atoms with Crippen LogP contribution in [0.2, 0.25) is 0 Å². The summed E-state index contributed by atoms with van der Waals surface area (Å²) in [6, 6.07) is 3.95. The van der Waals surface area contributed by atoms with Gasteiger partial charge in [0, 0.05) is 17.4 Å². The number of halogens is 4. The first-order valence-electron chi connectivity index (χ1n) is 6.27. The number of aliphatic hydroxyl groups is 1. The molecule has 0 bridgehead atoms. The second kappa shape index (κ2) is 4.98. The van der Waals surface area contributed by atoms with E-state index in [0.717, 1.165) is 6.07 Å². The molecule has 1 unspecified atom stereocenters. The molecule has 0 radical (unpaired) electrons. The third kappa shape index (κ3) is 2.62. The van der Waals surface area contributed by atoms with Crippen molar-refractivity contribution in [3.63, 3.8) is 0 Å². The van der Waals surface area contributed by atoms with Crippen LogP contribution >= 0.6 is 0 Å². The van der Waals surface area contributed by atoms with Crippen molar-refractivity contribution in [3.8, 4) is 5.75 Å². The molecule has 0 heterocycles. The maximum absolute atomic E-state index is 13.7. The number of ether oxygens (including phenoxy) is 1. The van der Waals surface area contributed by atoms with Crippen LogP contribution in [-0.4, -0.2) is 30.3 Å². The molecule has 1 saturated carbocycles. The van der Waals surface area contributed by atoms with Gasteiger partial charge >= 0.3 is 6.18 Å². The summed E-state index contributed by atoms with van der Waals surface area (Å²) in [5.41, 5.74) is -4.30. The van der Waals surface area contributed by atoms with Crippen LogP contribution in [0.5, 0.6) is 5.75 Å². The number of carbonyl (C=O) groups excluding carboxylic acids is 1. The molecule has 1 atom stereocenters. The highest BCUT2D eigenvalue weighted by molar-refractivity contribution is 5.65. The number of rotatable bonds is 5. The molecule has 2 rings (SSSR count). The van der Waals surface area contributed by atoms with Crippen molar-refractivity contribution in [2.24, 2.45) is 0 Å². The largest absolute Gasteiger partial charge is 0.493 e. The van der Waals surface area contributed by atoms with Crippen molar-refractivity contribution < 1.29 is 32.2 Å². The van der Waals surface area contributed by atoms with Gasteiger partial charge in [-0.05, 0) is 18.9 Å². The Balaban J connectivity index is 2.41. The van der Waals surface area contributed by atoms with Crippen molar-refractivity contribution in [1.29, 1.82) is 0 Å². The lowest BCUT2D eigenvalue weighted by atomic mass is 9.83. The molecule has 1 aliphatic rings. The lowest BCUT2D eigenvalue weighted by molar-refractivity contribution is -0.248. The van der Waals surface area contributed by atoms with Gasteiger partial charge in [0.15, 0.2) is 17.9 Å². The first kappa shape index (κ1) is 15.8. The van der Waals surface area contributed by atoms with Crippen molar-refractivity contribution in [2.45, 2.75) is 36.5 Å². The Morgan fingerprint density at radius 1 is 1.38 bits per heavy atom. The summed E-state index contributed by atoms with van der Waals surface area (Å²) in [6.45, 7) is 0. The molecule has 1 aromatic carbocycles. The minimum atomic E-state index is -5.08. The minimum Gasteiger partial charge on any atom is -0.493 e. The molecule has 1 aliphatic carbocycles. The molecule has 0 aliphatic heterocycles. The zero-order valence-corrected chi connectivity index (χ0v) is 11.2. The van der Waals surface area contributed by atoms with Gasteiger partial charge in [0.2, 0.25) is 5.60 Å². The highest BCUT2D eigenvalue weighted by Gasteiger charge is 2.61. The standard InChI is InChI=1S/C14H14F4O3/c1-21-11-9(3-2-4-10(11)15)12(5-6-12)7-13(20,8-19)14(16,17)18/h2-4,8,20H,5-7H2,1H3. The molecule has 116 valence electrons. The van der Waals surface area contributed by atoms with E-state index < -0.39 is 35.7 Å². The van der Waals surface area contributed by atoms with E-state index >= 15 is 0 Å². The summed E-state index contributed by atoms with van der Waals surface area (Å²) < 4.78 is 57.1. The Labute approximate surface area is 118 Å². The van der Waals surface area contributed by atoms with Crippen molar-refractivity contribution >= 4 is 6.29 Å². The van der Waals surface area contributed by atoms with E-state index in [0.29, 0.717) is 12.8 Å². The summed E-state index contributed by atoms with van der Waals surface area (Å²) in [4.78, 5) is 10.8. The molecule has 0 spiro atoms. The maximum atomic E-state index is 13.7. The Morgan fingerprint density at radius 3 is 2.43 bits per heavy atom. The monoisotopic (exact) mass is 306 g/mol. The molecule has 1 fully saturated rings. The number of benzene rings is 1. The van der Waals surface area contributed by atoms with E-state index in [4.69, 9.17) is 4.74 Å². The maximum Gasteiger partial charge on any atom is 0.424 e. The van der Waals surface area contributed by atoms with Gasteiger partial charge in [-0.1, -0.05) is 12.1 Å². The van der Waals surface area contributed by atoms with Crippen molar-refractivity contribution in [3.05, 3.63) is 29.6 Å².